The Labute approximate surface area is 115 Å². The van der Waals surface area contributed by atoms with Crippen LogP contribution in [0.2, 0.25) is 0 Å². The molecule has 0 heterocycles. The molecular weight excluding hydrogens is 325 g/mol. The van der Waals surface area contributed by atoms with Crippen LogP contribution >= 0.6 is 22.6 Å². The zero-order chi connectivity index (χ0) is 12.1. The van der Waals surface area contributed by atoms with E-state index in [4.69, 9.17) is 4.74 Å². The first kappa shape index (κ1) is 12.2. The predicted molar refractivity (Wildman–Crippen MR) is 79.5 cm³/mol. The van der Waals surface area contributed by atoms with E-state index in [2.05, 4.69) is 46.1 Å². The first-order valence-electron chi connectivity index (χ1n) is 5.41. The third-order valence-corrected chi connectivity index (χ3v) is 3.48. The summed E-state index contributed by atoms with van der Waals surface area (Å²) in [5, 5.41) is 3.42. The monoisotopic (exact) mass is 339 g/mol. The molecule has 0 saturated carbocycles. The number of methoxy groups -OCH3 is 1. The number of rotatable bonds is 4. The minimum atomic E-state index is 0.768. The Morgan fingerprint density at radius 3 is 2.53 bits per heavy atom. The molecule has 17 heavy (non-hydrogen) atoms. The summed E-state index contributed by atoms with van der Waals surface area (Å²) >= 11 is 2.33. The molecular formula is C14H14INO. The molecule has 1 N–H and O–H groups in total. The largest absolute Gasteiger partial charge is 0.496 e. The number of nitrogens with one attached hydrogen (secondary N) is 1. The number of para-hydroxylation sites is 2. The molecule has 2 aromatic carbocycles. The number of hydrogen-bond donors (Lipinski definition) is 1. The van der Waals surface area contributed by atoms with Crippen LogP contribution < -0.4 is 10.1 Å². The highest BCUT2D eigenvalue weighted by Crippen LogP contribution is 2.21. The summed E-state index contributed by atoms with van der Waals surface area (Å²) in [7, 11) is 1.70. The van der Waals surface area contributed by atoms with Crippen molar-refractivity contribution in [3.05, 3.63) is 57.7 Å². The minimum Gasteiger partial charge on any atom is -0.496 e. The third-order valence-electron chi connectivity index (χ3n) is 2.54. The number of benzene rings is 2. The maximum atomic E-state index is 5.32. The van der Waals surface area contributed by atoms with Gasteiger partial charge in [-0.3, -0.25) is 0 Å². The fraction of sp³-hybridized carbons (Fsp3) is 0.143. The van der Waals surface area contributed by atoms with Gasteiger partial charge in [-0.25, -0.2) is 0 Å². The molecule has 3 heteroatoms. The van der Waals surface area contributed by atoms with E-state index in [9.17, 15) is 0 Å². The van der Waals surface area contributed by atoms with E-state index >= 15 is 0 Å². The van der Waals surface area contributed by atoms with Crippen LogP contribution in [0, 0.1) is 3.57 Å². The number of hydrogen-bond acceptors (Lipinski definition) is 2. The molecule has 2 aromatic rings. The third kappa shape index (κ3) is 3.12. The summed E-state index contributed by atoms with van der Waals surface area (Å²) < 4.78 is 6.54. The molecule has 0 bridgehead atoms. The van der Waals surface area contributed by atoms with Gasteiger partial charge in [0, 0.05) is 21.4 Å². The Balaban J connectivity index is 2.10. The van der Waals surface area contributed by atoms with Crippen molar-refractivity contribution in [1.82, 2.24) is 0 Å². The fourth-order valence-electron chi connectivity index (χ4n) is 1.64. The van der Waals surface area contributed by atoms with Crippen LogP contribution in [-0.2, 0) is 6.54 Å². The molecule has 0 aliphatic rings. The molecule has 0 saturated heterocycles. The van der Waals surface area contributed by atoms with Gasteiger partial charge in [-0.05, 0) is 40.8 Å². The van der Waals surface area contributed by atoms with Crippen molar-refractivity contribution in [3.63, 3.8) is 0 Å². The zero-order valence-corrected chi connectivity index (χ0v) is 11.8. The molecule has 0 unspecified atom stereocenters. The Morgan fingerprint density at radius 2 is 1.76 bits per heavy atom. The molecule has 0 radical (unpaired) electrons. The molecule has 88 valence electrons. The van der Waals surface area contributed by atoms with Crippen LogP contribution in [0.4, 0.5) is 5.69 Å². The van der Waals surface area contributed by atoms with Crippen molar-refractivity contribution in [1.29, 1.82) is 0 Å². The summed E-state index contributed by atoms with van der Waals surface area (Å²) in [6, 6.07) is 16.3. The van der Waals surface area contributed by atoms with Crippen LogP contribution in [0.5, 0.6) is 5.75 Å². The first-order chi connectivity index (χ1) is 8.31. The van der Waals surface area contributed by atoms with E-state index in [0.717, 1.165) is 23.5 Å². The second kappa shape index (κ2) is 5.91. The maximum Gasteiger partial charge on any atom is 0.123 e. The molecule has 0 fully saturated rings. The average molecular weight is 339 g/mol. The highest BCUT2D eigenvalue weighted by atomic mass is 127. The highest BCUT2D eigenvalue weighted by molar-refractivity contribution is 14.1. The van der Waals surface area contributed by atoms with Gasteiger partial charge >= 0.3 is 0 Å². The second-order valence-corrected chi connectivity index (χ2v) is 4.81. The van der Waals surface area contributed by atoms with Gasteiger partial charge in [0.15, 0.2) is 0 Å². The van der Waals surface area contributed by atoms with Gasteiger partial charge in [0.05, 0.1) is 7.11 Å². The van der Waals surface area contributed by atoms with Crippen LogP contribution in [0.15, 0.2) is 48.5 Å². The van der Waals surface area contributed by atoms with E-state index in [1.54, 1.807) is 7.11 Å². The van der Waals surface area contributed by atoms with Crippen molar-refractivity contribution in [3.8, 4) is 5.75 Å². The fourth-order valence-corrected chi connectivity index (χ4v) is 2.22. The van der Waals surface area contributed by atoms with Crippen LogP contribution in [0.25, 0.3) is 0 Å². The molecule has 2 rings (SSSR count). The topological polar surface area (TPSA) is 21.3 Å². The van der Waals surface area contributed by atoms with Gasteiger partial charge in [-0.2, -0.15) is 0 Å². The lowest BCUT2D eigenvalue weighted by molar-refractivity contribution is 0.410. The highest BCUT2D eigenvalue weighted by Gasteiger charge is 2.02. The lowest BCUT2D eigenvalue weighted by atomic mass is 10.2. The number of halogens is 1. The van der Waals surface area contributed by atoms with Crippen LogP contribution in [-0.4, -0.2) is 7.11 Å². The summed E-state index contributed by atoms with van der Waals surface area (Å²) in [6.45, 7) is 0.768. The lowest BCUT2D eigenvalue weighted by Gasteiger charge is -2.11. The standard InChI is InChI=1S/C14H14INO/c1-17-14-9-5-2-6-11(14)10-16-13-8-4-3-7-12(13)15/h2-9,16H,10H2,1H3. The predicted octanol–water partition coefficient (Wildman–Crippen LogP) is 3.91. The number of ether oxygens (including phenoxy) is 1. The Morgan fingerprint density at radius 1 is 1.06 bits per heavy atom. The molecule has 0 atom stereocenters. The summed E-state index contributed by atoms with van der Waals surface area (Å²) in [5.74, 6) is 0.922. The SMILES string of the molecule is COc1ccccc1CNc1ccccc1I. The van der Waals surface area contributed by atoms with Crippen molar-refractivity contribution < 1.29 is 4.74 Å². The van der Waals surface area contributed by atoms with E-state index in [0.29, 0.717) is 0 Å². The van der Waals surface area contributed by atoms with Crippen molar-refractivity contribution in [2.24, 2.45) is 0 Å². The smallest absolute Gasteiger partial charge is 0.123 e. The minimum absolute atomic E-state index is 0.768. The lowest BCUT2D eigenvalue weighted by Crippen LogP contribution is -2.02. The number of anilines is 1. The van der Waals surface area contributed by atoms with Crippen molar-refractivity contribution >= 4 is 28.3 Å². The normalized spacial score (nSPS) is 10.0. The van der Waals surface area contributed by atoms with E-state index in [1.807, 2.05) is 30.3 Å². The quantitative estimate of drug-likeness (QED) is 0.853. The van der Waals surface area contributed by atoms with Crippen molar-refractivity contribution in [2.45, 2.75) is 6.54 Å². The first-order valence-corrected chi connectivity index (χ1v) is 6.49. The van der Waals surface area contributed by atoms with Gasteiger partial charge in [0.2, 0.25) is 0 Å². The van der Waals surface area contributed by atoms with E-state index in [-0.39, 0.29) is 0 Å². The molecule has 0 amide bonds. The average Bonchev–Trinajstić information content (AvgIpc) is 2.38. The van der Waals surface area contributed by atoms with E-state index in [1.165, 1.54) is 3.57 Å². The molecule has 0 aliphatic carbocycles. The van der Waals surface area contributed by atoms with Gasteiger partial charge in [-0.15, -0.1) is 0 Å². The van der Waals surface area contributed by atoms with Crippen LogP contribution in [0.3, 0.4) is 0 Å². The summed E-state index contributed by atoms with van der Waals surface area (Å²) in [5.41, 5.74) is 2.31. The Hall–Kier alpha value is -1.23. The van der Waals surface area contributed by atoms with Gasteiger partial charge in [-0.1, -0.05) is 30.3 Å². The zero-order valence-electron chi connectivity index (χ0n) is 9.61. The molecule has 0 aliphatic heterocycles. The Bertz CT molecular complexity index is 499. The maximum absolute atomic E-state index is 5.32. The molecule has 0 aromatic heterocycles. The second-order valence-electron chi connectivity index (χ2n) is 3.65. The summed E-state index contributed by atoms with van der Waals surface area (Å²) in [4.78, 5) is 0. The van der Waals surface area contributed by atoms with Crippen LogP contribution in [0.1, 0.15) is 5.56 Å². The van der Waals surface area contributed by atoms with E-state index < -0.39 is 0 Å². The van der Waals surface area contributed by atoms with Gasteiger partial charge in [0.25, 0.3) is 0 Å². The summed E-state index contributed by atoms with van der Waals surface area (Å²) in [6.07, 6.45) is 0. The van der Waals surface area contributed by atoms with Gasteiger partial charge < -0.3 is 10.1 Å². The molecule has 2 nitrogen and oxygen atoms in total. The molecule has 0 spiro atoms. The Kier molecular flexibility index (Phi) is 4.25. The van der Waals surface area contributed by atoms with Crippen molar-refractivity contribution in [2.75, 3.05) is 12.4 Å². The van der Waals surface area contributed by atoms with Gasteiger partial charge in [0.1, 0.15) is 5.75 Å².